The van der Waals surface area contributed by atoms with E-state index in [9.17, 15) is 9.59 Å². The van der Waals surface area contributed by atoms with Crippen LogP contribution in [-0.4, -0.2) is 25.7 Å². The fourth-order valence-electron chi connectivity index (χ4n) is 1.21. The Labute approximate surface area is 117 Å². The molecule has 0 radical (unpaired) electrons. The van der Waals surface area contributed by atoms with Crippen molar-refractivity contribution in [3.8, 4) is 0 Å². The van der Waals surface area contributed by atoms with Crippen molar-refractivity contribution in [2.24, 2.45) is 5.73 Å². The zero-order chi connectivity index (χ0) is 14.8. The lowest BCUT2D eigenvalue weighted by Crippen LogP contribution is -2.37. The van der Waals surface area contributed by atoms with Gasteiger partial charge in [-0.2, -0.15) is 0 Å². The lowest BCUT2D eigenvalue weighted by molar-refractivity contribution is -0.123. The van der Waals surface area contributed by atoms with Crippen molar-refractivity contribution in [3.63, 3.8) is 0 Å². The van der Waals surface area contributed by atoms with Crippen LogP contribution in [0.3, 0.4) is 0 Å². The van der Waals surface area contributed by atoms with E-state index in [-0.39, 0.29) is 6.61 Å². The summed E-state index contributed by atoms with van der Waals surface area (Å²) in [6.45, 7) is 5.54. The molecule has 0 aromatic heterocycles. The lowest BCUT2D eigenvalue weighted by Gasteiger charge is -2.00. The third-order valence-electron chi connectivity index (χ3n) is 2.01. The van der Waals surface area contributed by atoms with Crippen LogP contribution in [0.25, 0.3) is 6.08 Å². The maximum absolute atomic E-state index is 10.3. The minimum atomic E-state index is -0.864. The first-order valence-corrected chi connectivity index (χ1v) is 5.76. The number of rotatable bonds is 3. The molecule has 0 spiro atoms. The zero-order valence-corrected chi connectivity index (χ0v) is 11.7. The SMILES string of the molecule is C=Cc1c(C)cccc1Cl.COCC(=O)NC(N)=O. The molecule has 6 heteroatoms. The topological polar surface area (TPSA) is 81.4 Å². The van der Waals surface area contributed by atoms with E-state index in [0.29, 0.717) is 0 Å². The number of ether oxygens (including phenoxy) is 1. The summed E-state index contributed by atoms with van der Waals surface area (Å²) in [5.41, 5.74) is 6.80. The first kappa shape index (κ1) is 17.2. The highest BCUT2D eigenvalue weighted by atomic mass is 35.5. The predicted molar refractivity (Wildman–Crippen MR) is 75.9 cm³/mol. The quantitative estimate of drug-likeness (QED) is 0.892. The van der Waals surface area contributed by atoms with Crippen LogP contribution in [0, 0.1) is 6.92 Å². The number of primary amides is 1. The summed E-state index contributed by atoms with van der Waals surface area (Å²) in [6.07, 6.45) is 1.78. The fourth-order valence-corrected chi connectivity index (χ4v) is 1.51. The molecule has 0 aliphatic carbocycles. The van der Waals surface area contributed by atoms with Gasteiger partial charge in [-0.1, -0.05) is 36.4 Å². The van der Waals surface area contributed by atoms with Crippen LogP contribution in [0.1, 0.15) is 11.1 Å². The molecule has 0 unspecified atom stereocenters. The van der Waals surface area contributed by atoms with E-state index < -0.39 is 11.9 Å². The van der Waals surface area contributed by atoms with Crippen LogP contribution >= 0.6 is 11.6 Å². The second-order valence-corrected chi connectivity index (χ2v) is 3.93. The number of nitrogens with one attached hydrogen (secondary N) is 1. The normalized spacial score (nSPS) is 9.00. The molecule has 104 valence electrons. The number of amides is 3. The summed E-state index contributed by atoms with van der Waals surface area (Å²) in [6, 6.07) is 4.95. The Hall–Kier alpha value is -1.85. The van der Waals surface area contributed by atoms with Crippen LogP contribution in [0.5, 0.6) is 0 Å². The molecule has 1 aromatic carbocycles. The van der Waals surface area contributed by atoms with Crippen LogP contribution in [0.4, 0.5) is 4.79 Å². The average Bonchev–Trinajstić information content (AvgIpc) is 2.29. The molecular formula is C13H17ClN2O3. The summed E-state index contributed by atoms with van der Waals surface area (Å²) in [7, 11) is 1.35. The van der Waals surface area contributed by atoms with Crippen molar-refractivity contribution >= 4 is 29.6 Å². The number of hydrogen-bond acceptors (Lipinski definition) is 3. The largest absolute Gasteiger partial charge is 0.375 e. The third kappa shape index (κ3) is 7.23. The molecule has 0 bridgehead atoms. The van der Waals surface area contributed by atoms with Gasteiger partial charge in [0.05, 0.1) is 0 Å². The van der Waals surface area contributed by atoms with E-state index in [2.05, 4.69) is 17.0 Å². The van der Waals surface area contributed by atoms with Gasteiger partial charge >= 0.3 is 6.03 Å². The molecule has 0 fully saturated rings. The second-order valence-electron chi connectivity index (χ2n) is 3.52. The van der Waals surface area contributed by atoms with Gasteiger partial charge in [-0.3, -0.25) is 10.1 Å². The highest BCUT2D eigenvalue weighted by molar-refractivity contribution is 6.32. The molecule has 0 heterocycles. The molecule has 0 saturated carbocycles. The summed E-state index contributed by atoms with van der Waals surface area (Å²) in [4.78, 5) is 20.2. The van der Waals surface area contributed by atoms with Crippen molar-refractivity contribution in [1.29, 1.82) is 0 Å². The molecule has 5 nitrogen and oxygen atoms in total. The molecule has 3 amide bonds. The molecular weight excluding hydrogens is 268 g/mol. The molecule has 1 aromatic rings. The molecule has 0 saturated heterocycles. The Kier molecular flexibility index (Phi) is 8.24. The number of halogens is 1. The average molecular weight is 285 g/mol. The van der Waals surface area contributed by atoms with Gasteiger partial charge in [0.2, 0.25) is 0 Å². The van der Waals surface area contributed by atoms with Gasteiger partial charge in [-0.05, 0) is 24.1 Å². The van der Waals surface area contributed by atoms with Crippen molar-refractivity contribution in [2.75, 3.05) is 13.7 Å². The van der Waals surface area contributed by atoms with Gasteiger partial charge in [0.25, 0.3) is 5.91 Å². The number of carbonyl (C=O) groups excluding carboxylic acids is 2. The maximum atomic E-state index is 10.3. The highest BCUT2D eigenvalue weighted by Crippen LogP contribution is 2.19. The van der Waals surface area contributed by atoms with Crippen molar-refractivity contribution in [2.45, 2.75) is 6.92 Å². The Balaban J connectivity index is 0.000000344. The number of methoxy groups -OCH3 is 1. The van der Waals surface area contributed by atoms with Crippen molar-refractivity contribution in [1.82, 2.24) is 5.32 Å². The Morgan fingerprint density at radius 2 is 2.16 bits per heavy atom. The highest BCUT2D eigenvalue weighted by Gasteiger charge is 2.00. The number of hydrogen-bond donors (Lipinski definition) is 2. The number of urea groups is 1. The summed E-state index contributed by atoms with van der Waals surface area (Å²) >= 11 is 5.86. The van der Waals surface area contributed by atoms with Gasteiger partial charge < -0.3 is 10.5 Å². The zero-order valence-electron chi connectivity index (χ0n) is 10.9. The van der Waals surface area contributed by atoms with E-state index in [1.54, 1.807) is 6.08 Å². The summed E-state index contributed by atoms with van der Waals surface area (Å²) in [5, 5.41) is 2.59. The fraction of sp³-hybridized carbons (Fsp3) is 0.231. The Bertz CT molecular complexity index is 441. The van der Waals surface area contributed by atoms with Gasteiger partial charge in [0.15, 0.2) is 0 Å². The first-order chi connectivity index (χ1) is 8.92. The molecule has 1 rings (SSSR count). The Morgan fingerprint density at radius 3 is 2.53 bits per heavy atom. The smallest absolute Gasteiger partial charge is 0.318 e. The minimum absolute atomic E-state index is 0.150. The molecule has 0 atom stereocenters. The van der Waals surface area contributed by atoms with E-state index in [0.717, 1.165) is 10.6 Å². The number of aryl methyl sites for hydroxylation is 1. The van der Waals surface area contributed by atoms with Crippen LogP contribution in [0.2, 0.25) is 5.02 Å². The van der Waals surface area contributed by atoms with E-state index in [4.69, 9.17) is 11.6 Å². The first-order valence-electron chi connectivity index (χ1n) is 5.38. The summed E-state index contributed by atoms with van der Waals surface area (Å²) < 4.78 is 4.38. The van der Waals surface area contributed by atoms with Gasteiger partial charge in [0.1, 0.15) is 6.61 Å². The van der Waals surface area contributed by atoms with Crippen molar-refractivity contribution < 1.29 is 14.3 Å². The van der Waals surface area contributed by atoms with Gasteiger partial charge in [0, 0.05) is 12.1 Å². The number of imide groups is 1. The summed E-state index contributed by atoms with van der Waals surface area (Å²) in [5.74, 6) is -0.537. The van der Waals surface area contributed by atoms with E-state index >= 15 is 0 Å². The maximum Gasteiger partial charge on any atom is 0.318 e. The number of benzene rings is 1. The van der Waals surface area contributed by atoms with Gasteiger partial charge in [-0.25, -0.2) is 4.79 Å². The van der Waals surface area contributed by atoms with Gasteiger partial charge in [-0.15, -0.1) is 0 Å². The van der Waals surface area contributed by atoms with E-state index in [1.807, 2.05) is 30.4 Å². The molecule has 3 N–H and O–H groups in total. The predicted octanol–water partition coefficient (Wildman–Crippen LogP) is 2.12. The van der Waals surface area contributed by atoms with Crippen LogP contribution in [0.15, 0.2) is 24.8 Å². The van der Waals surface area contributed by atoms with Crippen LogP contribution < -0.4 is 11.1 Å². The second kappa shape index (κ2) is 9.13. The number of carbonyl (C=O) groups is 2. The van der Waals surface area contributed by atoms with Crippen LogP contribution in [-0.2, 0) is 9.53 Å². The minimum Gasteiger partial charge on any atom is -0.375 e. The standard InChI is InChI=1S/C9H9Cl.C4H8N2O3/c1-3-8-7(2)5-4-6-9(8)10;1-9-2-3(7)6-4(5)8/h3-6H,1H2,2H3;2H2,1H3,(H3,5,6,7,8). The molecule has 19 heavy (non-hydrogen) atoms. The Morgan fingerprint density at radius 1 is 1.53 bits per heavy atom. The lowest BCUT2D eigenvalue weighted by atomic mass is 10.1. The monoisotopic (exact) mass is 284 g/mol. The van der Waals surface area contributed by atoms with Crippen molar-refractivity contribution in [3.05, 3.63) is 40.9 Å². The molecule has 0 aliphatic heterocycles. The van der Waals surface area contributed by atoms with E-state index in [1.165, 1.54) is 12.7 Å². The third-order valence-corrected chi connectivity index (χ3v) is 2.34. The molecule has 0 aliphatic rings. The number of nitrogens with two attached hydrogens (primary N) is 1.